The molecule has 0 bridgehead atoms. The summed E-state index contributed by atoms with van der Waals surface area (Å²) < 4.78 is 15.8. The maximum absolute atomic E-state index is 10.6. The SMILES string of the molecule is COC(OC)c1cccc(-c2ccc(C=O)o2)c1. The Morgan fingerprint density at radius 1 is 1.17 bits per heavy atom. The van der Waals surface area contributed by atoms with Crippen LogP contribution in [0.5, 0.6) is 0 Å². The van der Waals surface area contributed by atoms with Crippen molar-refractivity contribution in [1.82, 2.24) is 0 Å². The van der Waals surface area contributed by atoms with E-state index in [9.17, 15) is 4.79 Å². The van der Waals surface area contributed by atoms with Gasteiger partial charge in [-0.3, -0.25) is 4.79 Å². The van der Waals surface area contributed by atoms with Crippen molar-refractivity contribution in [3.8, 4) is 11.3 Å². The smallest absolute Gasteiger partial charge is 0.185 e. The molecule has 4 heteroatoms. The molecule has 0 N–H and O–H groups in total. The van der Waals surface area contributed by atoms with Crippen molar-refractivity contribution in [3.63, 3.8) is 0 Å². The number of ether oxygens (including phenoxy) is 2. The average molecular weight is 246 g/mol. The fourth-order valence-corrected chi connectivity index (χ4v) is 1.78. The predicted octanol–water partition coefficient (Wildman–Crippen LogP) is 3.05. The quantitative estimate of drug-likeness (QED) is 0.601. The Hall–Kier alpha value is -1.91. The average Bonchev–Trinajstić information content (AvgIpc) is 2.89. The van der Waals surface area contributed by atoms with Gasteiger partial charge in [-0.25, -0.2) is 0 Å². The molecule has 2 rings (SSSR count). The zero-order chi connectivity index (χ0) is 13.0. The molecule has 0 spiro atoms. The molecule has 0 aliphatic carbocycles. The summed E-state index contributed by atoms with van der Waals surface area (Å²) in [4.78, 5) is 10.6. The van der Waals surface area contributed by atoms with Gasteiger partial charge in [0.2, 0.25) is 0 Å². The Morgan fingerprint density at radius 3 is 2.56 bits per heavy atom. The number of aldehydes is 1. The molecule has 0 saturated heterocycles. The molecular formula is C14H14O4. The third-order valence-electron chi connectivity index (χ3n) is 2.61. The Morgan fingerprint density at radius 2 is 1.94 bits per heavy atom. The zero-order valence-corrected chi connectivity index (χ0v) is 10.3. The van der Waals surface area contributed by atoms with Gasteiger partial charge in [0, 0.05) is 25.3 Å². The van der Waals surface area contributed by atoms with Crippen molar-refractivity contribution in [1.29, 1.82) is 0 Å². The number of benzene rings is 1. The molecule has 1 aromatic heterocycles. The van der Waals surface area contributed by atoms with Crippen LogP contribution < -0.4 is 0 Å². The molecule has 0 atom stereocenters. The van der Waals surface area contributed by atoms with Crippen LogP contribution in [0.3, 0.4) is 0 Å². The summed E-state index contributed by atoms with van der Waals surface area (Å²) in [6.45, 7) is 0. The zero-order valence-electron chi connectivity index (χ0n) is 10.3. The Bertz CT molecular complexity index is 526. The van der Waals surface area contributed by atoms with Crippen LogP contribution in [0.15, 0.2) is 40.8 Å². The fourth-order valence-electron chi connectivity index (χ4n) is 1.78. The highest BCUT2D eigenvalue weighted by molar-refractivity contribution is 5.72. The number of carbonyl (C=O) groups is 1. The highest BCUT2D eigenvalue weighted by atomic mass is 16.7. The van der Waals surface area contributed by atoms with Crippen molar-refractivity contribution in [3.05, 3.63) is 47.7 Å². The molecule has 0 unspecified atom stereocenters. The number of hydrogen-bond donors (Lipinski definition) is 0. The highest BCUT2D eigenvalue weighted by Gasteiger charge is 2.11. The van der Waals surface area contributed by atoms with Crippen molar-refractivity contribution in [2.24, 2.45) is 0 Å². The van der Waals surface area contributed by atoms with E-state index >= 15 is 0 Å². The van der Waals surface area contributed by atoms with Gasteiger partial charge in [0.15, 0.2) is 18.3 Å². The summed E-state index contributed by atoms with van der Waals surface area (Å²) in [5.74, 6) is 0.954. The normalized spacial score (nSPS) is 10.8. The Kier molecular flexibility index (Phi) is 3.92. The lowest BCUT2D eigenvalue weighted by Crippen LogP contribution is -2.03. The van der Waals surface area contributed by atoms with Gasteiger partial charge in [-0.2, -0.15) is 0 Å². The van der Waals surface area contributed by atoms with E-state index in [1.165, 1.54) is 0 Å². The summed E-state index contributed by atoms with van der Waals surface area (Å²) in [7, 11) is 3.16. The maximum atomic E-state index is 10.6. The van der Waals surface area contributed by atoms with Gasteiger partial charge in [-0.05, 0) is 18.2 Å². The van der Waals surface area contributed by atoms with E-state index in [1.807, 2.05) is 24.3 Å². The van der Waals surface area contributed by atoms with Crippen LogP contribution in [-0.2, 0) is 9.47 Å². The van der Waals surface area contributed by atoms with Crippen LogP contribution >= 0.6 is 0 Å². The van der Waals surface area contributed by atoms with Gasteiger partial charge in [0.25, 0.3) is 0 Å². The molecule has 1 aromatic carbocycles. The lowest BCUT2D eigenvalue weighted by Gasteiger charge is -2.14. The van der Waals surface area contributed by atoms with Crippen LogP contribution in [0.1, 0.15) is 22.4 Å². The van der Waals surface area contributed by atoms with Crippen molar-refractivity contribution in [2.75, 3.05) is 14.2 Å². The Balaban J connectivity index is 2.34. The highest BCUT2D eigenvalue weighted by Crippen LogP contribution is 2.26. The number of carbonyl (C=O) groups excluding carboxylic acids is 1. The molecule has 2 aromatic rings. The van der Waals surface area contributed by atoms with E-state index < -0.39 is 6.29 Å². The lowest BCUT2D eigenvalue weighted by atomic mass is 10.1. The fraction of sp³-hybridized carbons (Fsp3) is 0.214. The van der Waals surface area contributed by atoms with E-state index in [0.717, 1.165) is 11.1 Å². The van der Waals surface area contributed by atoms with E-state index in [4.69, 9.17) is 13.9 Å². The first-order valence-electron chi connectivity index (χ1n) is 5.49. The number of methoxy groups -OCH3 is 2. The first-order chi connectivity index (χ1) is 8.78. The standard InChI is InChI=1S/C14H14O4/c1-16-14(17-2)11-5-3-4-10(8-11)13-7-6-12(9-15)18-13/h3-9,14H,1-2H3. The molecule has 0 saturated carbocycles. The van der Waals surface area contributed by atoms with E-state index in [-0.39, 0.29) is 0 Å². The molecule has 94 valence electrons. The summed E-state index contributed by atoms with van der Waals surface area (Å²) in [5, 5.41) is 0. The summed E-state index contributed by atoms with van der Waals surface area (Å²) in [6.07, 6.45) is 0.269. The third kappa shape index (κ3) is 2.50. The number of furan rings is 1. The molecule has 0 fully saturated rings. The van der Waals surface area contributed by atoms with Gasteiger partial charge >= 0.3 is 0 Å². The molecule has 4 nitrogen and oxygen atoms in total. The number of hydrogen-bond acceptors (Lipinski definition) is 4. The van der Waals surface area contributed by atoms with Crippen LogP contribution in [0, 0.1) is 0 Å². The second-order valence-corrected chi connectivity index (χ2v) is 3.75. The van der Waals surface area contributed by atoms with Gasteiger partial charge in [0.1, 0.15) is 5.76 Å². The minimum absolute atomic E-state index is 0.311. The molecule has 0 aliphatic heterocycles. The predicted molar refractivity (Wildman–Crippen MR) is 66.3 cm³/mol. The van der Waals surface area contributed by atoms with Crippen LogP contribution in [-0.4, -0.2) is 20.5 Å². The third-order valence-corrected chi connectivity index (χ3v) is 2.61. The van der Waals surface area contributed by atoms with E-state index in [2.05, 4.69) is 0 Å². The largest absolute Gasteiger partial charge is 0.453 e. The molecule has 18 heavy (non-hydrogen) atoms. The first-order valence-corrected chi connectivity index (χ1v) is 5.49. The van der Waals surface area contributed by atoms with Crippen LogP contribution in [0.25, 0.3) is 11.3 Å². The minimum Gasteiger partial charge on any atom is -0.453 e. The van der Waals surface area contributed by atoms with Gasteiger partial charge in [-0.1, -0.05) is 18.2 Å². The summed E-state index contributed by atoms with van der Waals surface area (Å²) in [6, 6.07) is 11.0. The molecule has 0 radical (unpaired) electrons. The van der Waals surface area contributed by atoms with Gasteiger partial charge in [0.05, 0.1) is 0 Å². The molecule has 0 amide bonds. The minimum atomic E-state index is -0.412. The number of rotatable bonds is 5. The lowest BCUT2D eigenvalue weighted by molar-refractivity contribution is -0.105. The summed E-state index contributed by atoms with van der Waals surface area (Å²) in [5.41, 5.74) is 1.77. The molecular weight excluding hydrogens is 232 g/mol. The van der Waals surface area contributed by atoms with Crippen molar-refractivity contribution < 1.29 is 18.7 Å². The summed E-state index contributed by atoms with van der Waals surface area (Å²) >= 11 is 0. The Labute approximate surface area is 105 Å². The topological polar surface area (TPSA) is 48.7 Å². The van der Waals surface area contributed by atoms with Crippen LogP contribution in [0.4, 0.5) is 0 Å². The second-order valence-electron chi connectivity index (χ2n) is 3.75. The molecule has 1 heterocycles. The van der Waals surface area contributed by atoms with Crippen molar-refractivity contribution >= 4 is 6.29 Å². The monoisotopic (exact) mass is 246 g/mol. The van der Waals surface area contributed by atoms with E-state index in [1.54, 1.807) is 26.4 Å². The van der Waals surface area contributed by atoms with E-state index in [0.29, 0.717) is 17.8 Å². The van der Waals surface area contributed by atoms with Gasteiger partial charge in [-0.15, -0.1) is 0 Å². The van der Waals surface area contributed by atoms with Crippen LogP contribution in [0.2, 0.25) is 0 Å². The van der Waals surface area contributed by atoms with Gasteiger partial charge < -0.3 is 13.9 Å². The first kappa shape index (κ1) is 12.5. The maximum Gasteiger partial charge on any atom is 0.185 e. The molecule has 0 aliphatic rings. The second kappa shape index (κ2) is 5.62. The van der Waals surface area contributed by atoms with Crippen molar-refractivity contribution in [2.45, 2.75) is 6.29 Å².